The SMILES string of the molecule is CN(CC(=O)N1CCCC1=O)C1CCCCC1CN. The van der Waals surface area contributed by atoms with Crippen molar-refractivity contribution in [2.24, 2.45) is 11.7 Å². The Kier molecular flexibility index (Phi) is 4.93. The van der Waals surface area contributed by atoms with Gasteiger partial charge in [-0.2, -0.15) is 0 Å². The average Bonchev–Trinajstić information content (AvgIpc) is 2.85. The van der Waals surface area contributed by atoms with Crippen molar-refractivity contribution >= 4 is 11.8 Å². The summed E-state index contributed by atoms with van der Waals surface area (Å²) in [5, 5.41) is 0. The topological polar surface area (TPSA) is 66.6 Å². The number of carbonyl (C=O) groups is 2. The van der Waals surface area contributed by atoms with Crippen molar-refractivity contribution in [2.45, 2.75) is 44.6 Å². The predicted molar refractivity (Wildman–Crippen MR) is 73.4 cm³/mol. The first-order valence-electron chi connectivity index (χ1n) is 7.37. The van der Waals surface area contributed by atoms with Crippen LogP contribution in [0.1, 0.15) is 38.5 Å². The molecule has 2 fully saturated rings. The van der Waals surface area contributed by atoms with Gasteiger partial charge in [-0.05, 0) is 38.8 Å². The van der Waals surface area contributed by atoms with Gasteiger partial charge in [0.1, 0.15) is 0 Å². The number of hydrogen-bond donors (Lipinski definition) is 1. The standard InChI is InChI=1S/C14H25N3O2/c1-16(12-6-3-2-5-11(12)9-15)10-14(19)17-8-4-7-13(17)18/h11-12H,2-10,15H2,1H3. The van der Waals surface area contributed by atoms with E-state index in [0.29, 0.717) is 38.0 Å². The lowest BCUT2D eigenvalue weighted by Gasteiger charge is -2.37. The zero-order valence-electron chi connectivity index (χ0n) is 11.8. The van der Waals surface area contributed by atoms with Gasteiger partial charge < -0.3 is 5.73 Å². The van der Waals surface area contributed by atoms with Gasteiger partial charge in [-0.25, -0.2) is 0 Å². The van der Waals surface area contributed by atoms with Gasteiger partial charge >= 0.3 is 0 Å². The van der Waals surface area contributed by atoms with E-state index in [1.54, 1.807) is 0 Å². The molecule has 1 saturated carbocycles. The molecule has 2 aliphatic rings. The highest BCUT2D eigenvalue weighted by Gasteiger charge is 2.31. The summed E-state index contributed by atoms with van der Waals surface area (Å²) in [6.45, 7) is 1.62. The van der Waals surface area contributed by atoms with Crippen LogP contribution in [0.5, 0.6) is 0 Å². The molecule has 1 aliphatic carbocycles. The second-order valence-corrected chi connectivity index (χ2v) is 5.81. The molecule has 1 heterocycles. The van der Waals surface area contributed by atoms with Gasteiger partial charge in [0.2, 0.25) is 11.8 Å². The zero-order chi connectivity index (χ0) is 13.8. The molecular weight excluding hydrogens is 242 g/mol. The molecule has 2 atom stereocenters. The second-order valence-electron chi connectivity index (χ2n) is 5.81. The lowest BCUT2D eigenvalue weighted by molar-refractivity contribution is -0.142. The largest absolute Gasteiger partial charge is 0.330 e. The molecule has 2 unspecified atom stereocenters. The minimum absolute atomic E-state index is 0.0163. The van der Waals surface area contributed by atoms with Gasteiger partial charge in [0, 0.05) is 19.0 Å². The summed E-state index contributed by atoms with van der Waals surface area (Å²) >= 11 is 0. The summed E-state index contributed by atoms with van der Waals surface area (Å²) in [7, 11) is 1.98. The number of likely N-dealkylation sites (N-methyl/N-ethyl adjacent to an activating group) is 1. The van der Waals surface area contributed by atoms with E-state index in [2.05, 4.69) is 4.90 Å². The Hall–Kier alpha value is -0.940. The van der Waals surface area contributed by atoms with Crippen molar-refractivity contribution in [1.82, 2.24) is 9.80 Å². The molecule has 0 bridgehead atoms. The van der Waals surface area contributed by atoms with Crippen molar-refractivity contribution in [3.05, 3.63) is 0 Å². The van der Waals surface area contributed by atoms with Crippen LogP contribution in [0.2, 0.25) is 0 Å². The maximum atomic E-state index is 12.1. The van der Waals surface area contributed by atoms with Crippen molar-refractivity contribution in [1.29, 1.82) is 0 Å². The fourth-order valence-electron chi connectivity index (χ4n) is 3.37. The number of amides is 2. The van der Waals surface area contributed by atoms with E-state index < -0.39 is 0 Å². The van der Waals surface area contributed by atoms with E-state index >= 15 is 0 Å². The first kappa shape index (κ1) is 14.5. The van der Waals surface area contributed by atoms with Crippen LogP contribution in [-0.4, -0.2) is 54.3 Å². The molecule has 0 radical (unpaired) electrons. The van der Waals surface area contributed by atoms with E-state index in [-0.39, 0.29) is 11.8 Å². The molecule has 1 aliphatic heterocycles. The molecule has 1 saturated heterocycles. The van der Waals surface area contributed by atoms with Gasteiger partial charge in [-0.15, -0.1) is 0 Å². The summed E-state index contributed by atoms with van der Waals surface area (Å²) in [6, 6.07) is 0.389. The van der Waals surface area contributed by atoms with Crippen molar-refractivity contribution < 1.29 is 9.59 Å². The minimum Gasteiger partial charge on any atom is -0.330 e. The number of nitrogens with two attached hydrogens (primary N) is 1. The highest BCUT2D eigenvalue weighted by molar-refractivity contribution is 5.97. The first-order valence-corrected chi connectivity index (χ1v) is 7.37. The van der Waals surface area contributed by atoms with E-state index in [0.717, 1.165) is 19.3 Å². The first-order chi connectivity index (χ1) is 9.13. The monoisotopic (exact) mass is 267 g/mol. The third kappa shape index (κ3) is 3.34. The Bertz CT molecular complexity index is 346. The molecule has 0 aromatic carbocycles. The fourth-order valence-corrected chi connectivity index (χ4v) is 3.37. The summed E-state index contributed by atoms with van der Waals surface area (Å²) in [5.41, 5.74) is 5.83. The predicted octanol–water partition coefficient (Wildman–Crippen LogP) is 0.585. The van der Waals surface area contributed by atoms with Crippen LogP contribution >= 0.6 is 0 Å². The number of rotatable bonds is 4. The van der Waals surface area contributed by atoms with E-state index in [1.165, 1.54) is 17.7 Å². The summed E-state index contributed by atoms with van der Waals surface area (Å²) < 4.78 is 0. The summed E-state index contributed by atoms with van der Waals surface area (Å²) in [6.07, 6.45) is 6.04. The third-order valence-electron chi connectivity index (χ3n) is 4.50. The Morgan fingerprint density at radius 1 is 1.37 bits per heavy atom. The van der Waals surface area contributed by atoms with Gasteiger partial charge in [0.05, 0.1) is 6.54 Å². The van der Waals surface area contributed by atoms with Crippen LogP contribution in [0, 0.1) is 5.92 Å². The molecule has 19 heavy (non-hydrogen) atoms. The molecule has 0 aromatic rings. The van der Waals surface area contributed by atoms with Crippen LogP contribution in [0.15, 0.2) is 0 Å². The summed E-state index contributed by atoms with van der Waals surface area (Å²) in [5.74, 6) is 0.421. The smallest absolute Gasteiger partial charge is 0.243 e. The lowest BCUT2D eigenvalue weighted by atomic mass is 9.84. The molecule has 0 aromatic heterocycles. The Balaban J connectivity index is 1.90. The van der Waals surface area contributed by atoms with E-state index in [4.69, 9.17) is 5.73 Å². The average molecular weight is 267 g/mol. The molecule has 0 spiro atoms. The quantitative estimate of drug-likeness (QED) is 0.809. The zero-order valence-corrected chi connectivity index (χ0v) is 11.8. The van der Waals surface area contributed by atoms with Crippen LogP contribution in [-0.2, 0) is 9.59 Å². The third-order valence-corrected chi connectivity index (χ3v) is 4.50. The second kappa shape index (κ2) is 6.48. The van der Waals surface area contributed by atoms with E-state index in [9.17, 15) is 9.59 Å². The molecule has 2 rings (SSSR count). The molecular formula is C14H25N3O2. The van der Waals surface area contributed by atoms with Gasteiger partial charge in [-0.1, -0.05) is 12.8 Å². The van der Waals surface area contributed by atoms with Crippen molar-refractivity contribution in [3.63, 3.8) is 0 Å². The van der Waals surface area contributed by atoms with Gasteiger partial charge in [-0.3, -0.25) is 19.4 Å². The highest BCUT2D eigenvalue weighted by atomic mass is 16.2. The molecule has 5 heteroatoms. The summed E-state index contributed by atoms with van der Waals surface area (Å²) in [4.78, 5) is 27.2. The Labute approximate surface area is 115 Å². The number of imide groups is 1. The number of hydrogen-bond acceptors (Lipinski definition) is 4. The maximum Gasteiger partial charge on any atom is 0.243 e. The Morgan fingerprint density at radius 3 is 2.74 bits per heavy atom. The van der Waals surface area contributed by atoms with Crippen LogP contribution in [0.25, 0.3) is 0 Å². The van der Waals surface area contributed by atoms with Gasteiger partial charge in [0.15, 0.2) is 0 Å². The molecule has 5 nitrogen and oxygen atoms in total. The van der Waals surface area contributed by atoms with Crippen LogP contribution in [0.3, 0.4) is 0 Å². The number of likely N-dealkylation sites (tertiary alicyclic amines) is 1. The minimum atomic E-state index is -0.0497. The molecule has 108 valence electrons. The van der Waals surface area contributed by atoms with Crippen LogP contribution in [0.4, 0.5) is 0 Å². The van der Waals surface area contributed by atoms with Crippen molar-refractivity contribution in [2.75, 3.05) is 26.7 Å². The number of nitrogens with zero attached hydrogens (tertiary/aromatic N) is 2. The van der Waals surface area contributed by atoms with Gasteiger partial charge in [0.25, 0.3) is 0 Å². The molecule has 2 N–H and O–H groups in total. The van der Waals surface area contributed by atoms with E-state index in [1.807, 2.05) is 7.05 Å². The normalized spacial score (nSPS) is 28.2. The maximum absolute atomic E-state index is 12.1. The van der Waals surface area contributed by atoms with Crippen molar-refractivity contribution in [3.8, 4) is 0 Å². The fraction of sp³-hybridized carbons (Fsp3) is 0.857. The Morgan fingerprint density at radius 2 is 2.11 bits per heavy atom. The highest BCUT2D eigenvalue weighted by Crippen LogP contribution is 2.27. The lowest BCUT2D eigenvalue weighted by Crippen LogP contribution is -2.48. The molecule has 2 amide bonds. The number of carbonyl (C=O) groups excluding carboxylic acids is 2. The van der Waals surface area contributed by atoms with Crippen LogP contribution < -0.4 is 5.73 Å².